The smallest absolute Gasteiger partial charge is 0.374 e. The lowest BCUT2D eigenvalue weighted by Crippen LogP contribution is -2.03. The number of tetrazole rings is 1. The second-order valence-electron chi connectivity index (χ2n) is 4.73. The van der Waals surface area contributed by atoms with Crippen molar-refractivity contribution in [1.82, 2.24) is 20.2 Å². The Bertz CT molecular complexity index is 792. The van der Waals surface area contributed by atoms with Gasteiger partial charge in [-0.05, 0) is 18.2 Å². The zero-order chi connectivity index (χ0) is 15.5. The van der Waals surface area contributed by atoms with Crippen LogP contribution < -0.4 is 0 Å². The lowest BCUT2D eigenvalue weighted by molar-refractivity contribution is 0.0561. The summed E-state index contributed by atoms with van der Waals surface area (Å²) in [5.74, 6) is 0.799. The van der Waals surface area contributed by atoms with E-state index in [1.54, 1.807) is 13.0 Å². The zero-order valence-electron chi connectivity index (χ0n) is 12.2. The average Bonchev–Trinajstić information content (AvgIpc) is 3.14. The van der Waals surface area contributed by atoms with E-state index in [1.165, 1.54) is 11.9 Å². The quantitative estimate of drug-likeness (QED) is 0.686. The lowest BCUT2D eigenvalue weighted by Gasteiger charge is -1.96. The van der Waals surface area contributed by atoms with Crippen LogP contribution in [-0.4, -0.2) is 33.3 Å². The van der Waals surface area contributed by atoms with Gasteiger partial charge in [0.15, 0.2) is 0 Å². The molecule has 1 aromatic carbocycles. The first kappa shape index (κ1) is 14.0. The van der Waals surface area contributed by atoms with Crippen molar-refractivity contribution >= 4 is 5.97 Å². The Balaban J connectivity index is 1.80. The highest BCUT2D eigenvalue weighted by Gasteiger charge is 2.17. The predicted octanol–water partition coefficient (Wildman–Crippen LogP) is 2.08. The van der Waals surface area contributed by atoms with Crippen LogP contribution in [0.15, 0.2) is 40.8 Å². The largest absolute Gasteiger partial charge is 0.463 e. The number of rotatable bonds is 4. The zero-order valence-corrected chi connectivity index (χ0v) is 12.2. The fourth-order valence-electron chi connectivity index (χ4n) is 2.07. The number of aryl methyl sites for hydroxylation is 1. The van der Waals surface area contributed by atoms with Crippen molar-refractivity contribution in [3.05, 3.63) is 53.5 Å². The number of aromatic nitrogens is 4. The summed E-state index contributed by atoms with van der Waals surface area (Å²) in [4.78, 5) is 12.9. The van der Waals surface area contributed by atoms with Crippen molar-refractivity contribution in [2.45, 2.75) is 13.5 Å². The summed E-state index contributed by atoms with van der Waals surface area (Å²) in [7, 11) is 1.31. The summed E-state index contributed by atoms with van der Waals surface area (Å²) >= 11 is 0. The van der Waals surface area contributed by atoms with Gasteiger partial charge >= 0.3 is 5.97 Å². The van der Waals surface area contributed by atoms with Gasteiger partial charge in [0.2, 0.25) is 11.6 Å². The Hall–Kier alpha value is -2.96. The van der Waals surface area contributed by atoms with Crippen LogP contribution in [0.5, 0.6) is 0 Å². The Morgan fingerprint density at radius 2 is 2.09 bits per heavy atom. The molecule has 112 valence electrons. The summed E-state index contributed by atoms with van der Waals surface area (Å²) in [6.45, 7) is 2.07. The number of carbonyl (C=O) groups is 1. The number of benzene rings is 1. The number of carbonyl (C=O) groups excluding carboxylic acids is 1. The predicted molar refractivity (Wildman–Crippen MR) is 77.1 cm³/mol. The van der Waals surface area contributed by atoms with Crippen LogP contribution >= 0.6 is 0 Å². The van der Waals surface area contributed by atoms with Crippen molar-refractivity contribution in [3.63, 3.8) is 0 Å². The molecule has 0 spiro atoms. The Labute approximate surface area is 126 Å². The van der Waals surface area contributed by atoms with Crippen molar-refractivity contribution in [2.24, 2.45) is 0 Å². The SMILES string of the molecule is COC(=O)c1oc(Cn2nnc(-c3ccccc3)n2)cc1C. The fraction of sp³-hybridized carbons (Fsp3) is 0.200. The number of hydrogen-bond acceptors (Lipinski definition) is 6. The van der Waals surface area contributed by atoms with Crippen LogP contribution in [0.1, 0.15) is 21.9 Å². The summed E-state index contributed by atoms with van der Waals surface area (Å²) in [6.07, 6.45) is 0. The van der Waals surface area contributed by atoms with Crippen LogP contribution in [0.2, 0.25) is 0 Å². The molecule has 0 amide bonds. The van der Waals surface area contributed by atoms with E-state index >= 15 is 0 Å². The normalized spacial score (nSPS) is 10.6. The van der Waals surface area contributed by atoms with Crippen LogP contribution in [0.3, 0.4) is 0 Å². The highest BCUT2D eigenvalue weighted by Crippen LogP contribution is 2.17. The molecule has 0 aliphatic rings. The molecular formula is C15H14N4O3. The maximum atomic E-state index is 11.5. The number of hydrogen-bond donors (Lipinski definition) is 0. The second kappa shape index (κ2) is 5.80. The Kier molecular flexibility index (Phi) is 3.69. The van der Waals surface area contributed by atoms with E-state index in [4.69, 9.17) is 4.42 Å². The highest BCUT2D eigenvalue weighted by atomic mass is 16.5. The molecule has 0 unspecified atom stereocenters. The second-order valence-corrected chi connectivity index (χ2v) is 4.73. The van der Waals surface area contributed by atoms with E-state index in [0.717, 1.165) is 5.56 Å². The van der Waals surface area contributed by atoms with Gasteiger partial charge in [-0.1, -0.05) is 30.3 Å². The van der Waals surface area contributed by atoms with Gasteiger partial charge in [0.1, 0.15) is 12.3 Å². The van der Waals surface area contributed by atoms with E-state index in [1.807, 2.05) is 30.3 Å². The molecule has 0 fully saturated rings. The van der Waals surface area contributed by atoms with Crippen LogP contribution in [-0.2, 0) is 11.3 Å². The minimum atomic E-state index is -0.500. The van der Waals surface area contributed by atoms with Gasteiger partial charge in [-0.3, -0.25) is 0 Å². The fourth-order valence-corrected chi connectivity index (χ4v) is 2.07. The van der Waals surface area contributed by atoms with Crippen LogP contribution in [0, 0.1) is 6.92 Å². The Morgan fingerprint density at radius 3 is 2.82 bits per heavy atom. The molecule has 0 N–H and O–H groups in total. The summed E-state index contributed by atoms with van der Waals surface area (Å²) in [5, 5.41) is 12.3. The van der Waals surface area contributed by atoms with Crippen molar-refractivity contribution in [2.75, 3.05) is 7.11 Å². The standard InChI is InChI=1S/C15H14N4O3/c1-10-8-12(22-13(10)15(20)21-2)9-19-17-14(16-18-19)11-6-4-3-5-7-11/h3-8H,9H2,1-2H3. The molecule has 0 saturated carbocycles. The molecule has 3 rings (SSSR count). The number of furan rings is 1. The van der Waals surface area contributed by atoms with Gasteiger partial charge in [-0.15, -0.1) is 10.2 Å². The monoisotopic (exact) mass is 298 g/mol. The molecule has 0 bridgehead atoms. The molecule has 2 heterocycles. The van der Waals surface area contributed by atoms with E-state index in [0.29, 0.717) is 17.1 Å². The Morgan fingerprint density at radius 1 is 1.32 bits per heavy atom. The topological polar surface area (TPSA) is 83.0 Å². The first-order chi connectivity index (χ1) is 10.7. The molecule has 7 nitrogen and oxygen atoms in total. The van der Waals surface area contributed by atoms with Crippen molar-refractivity contribution in [1.29, 1.82) is 0 Å². The van der Waals surface area contributed by atoms with Crippen LogP contribution in [0.25, 0.3) is 11.4 Å². The number of ether oxygens (including phenoxy) is 1. The van der Waals surface area contributed by atoms with E-state index in [2.05, 4.69) is 20.1 Å². The van der Waals surface area contributed by atoms with Crippen LogP contribution in [0.4, 0.5) is 0 Å². The first-order valence-corrected chi connectivity index (χ1v) is 6.68. The van der Waals surface area contributed by atoms with Gasteiger partial charge in [0, 0.05) is 11.1 Å². The molecule has 22 heavy (non-hydrogen) atoms. The summed E-state index contributed by atoms with van der Waals surface area (Å²) in [6, 6.07) is 11.3. The molecule has 0 aliphatic heterocycles. The third kappa shape index (κ3) is 2.73. The molecule has 0 aliphatic carbocycles. The number of esters is 1. The molecule has 7 heteroatoms. The van der Waals surface area contributed by atoms with Crippen molar-refractivity contribution < 1.29 is 13.9 Å². The van der Waals surface area contributed by atoms with Gasteiger partial charge in [0.05, 0.1) is 7.11 Å². The lowest BCUT2D eigenvalue weighted by atomic mass is 10.2. The molecule has 0 radical (unpaired) electrons. The third-order valence-electron chi connectivity index (χ3n) is 3.12. The minimum absolute atomic E-state index is 0.195. The first-order valence-electron chi connectivity index (χ1n) is 6.68. The highest BCUT2D eigenvalue weighted by molar-refractivity contribution is 5.87. The van der Waals surface area contributed by atoms with E-state index < -0.39 is 5.97 Å². The van der Waals surface area contributed by atoms with E-state index in [9.17, 15) is 4.79 Å². The van der Waals surface area contributed by atoms with Gasteiger partial charge in [0.25, 0.3) is 0 Å². The number of nitrogens with zero attached hydrogens (tertiary/aromatic N) is 4. The molecule has 0 atom stereocenters. The summed E-state index contributed by atoms with van der Waals surface area (Å²) < 4.78 is 10.1. The molecule has 0 saturated heterocycles. The molecule has 3 aromatic rings. The van der Waals surface area contributed by atoms with Gasteiger partial charge < -0.3 is 9.15 Å². The van der Waals surface area contributed by atoms with Crippen molar-refractivity contribution in [3.8, 4) is 11.4 Å². The summed E-state index contributed by atoms with van der Waals surface area (Å²) in [5.41, 5.74) is 1.60. The molecule has 2 aromatic heterocycles. The maximum Gasteiger partial charge on any atom is 0.374 e. The number of methoxy groups -OCH3 is 1. The average molecular weight is 298 g/mol. The van der Waals surface area contributed by atoms with Gasteiger partial charge in [-0.2, -0.15) is 4.80 Å². The van der Waals surface area contributed by atoms with E-state index in [-0.39, 0.29) is 12.3 Å². The van der Waals surface area contributed by atoms with Gasteiger partial charge in [-0.25, -0.2) is 4.79 Å². The molecular weight excluding hydrogens is 284 g/mol. The third-order valence-corrected chi connectivity index (χ3v) is 3.12. The maximum absolute atomic E-state index is 11.5. The minimum Gasteiger partial charge on any atom is -0.463 e.